The number of nitrogens with zero attached hydrogens (tertiary/aromatic N) is 2. The molecule has 1 aromatic carbocycles. The van der Waals surface area contributed by atoms with Gasteiger partial charge in [0.1, 0.15) is 0 Å². The zero-order valence-electron chi connectivity index (χ0n) is 16.6. The number of benzene rings is 1. The first-order valence-corrected chi connectivity index (χ1v) is 10.4. The summed E-state index contributed by atoms with van der Waals surface area (Å²) < 4.78 is 6.12. The summed E-state index contributed by atoms with van der Waals surface area (Å²) in [7, 11) is 0. The third-order valence-corrected chi connectivity index (χ3v) is 6.87. The maximum Gasteiger partial charge on any atom is 0.194 e. The van der Waals surface area contributed by atoms with Crippen LogP contribution in [0.2, 0.25) is 0 Å². The summed E-state index contributed by atoms with van der Waals surface area (Å²) in [6.45, 7) is 10.3. The summed E-state index contributed by atoms with van der Waals surface area (Å²) in [5, 5.41) is 4.83. The van der Waals surface area contributed by atoms with Crippen molar-refractivity contribution < 1.29 is 4.74 Å². The van der Waals surface area contributed by atoms with E-state index in [0.29, 0.717) is 24.0 Å². The predicted octanol–water partition coefficient (Wildman–Crippen LogP) is 3.36. The monoisotopic (exact) mass is 366 g/mol. The van der Waals surface area contributed by atoms with Gasteiger partial charge in [-0.2, -0.15) is 0 Å². The fourth-order valence-electron chi connectivity index (χ4n) is 5.33. The van der Waals surface area contributed by atoms with Crippen LogP contribution in [0, 0.1) is 25.7 Å². The van der Waals surface area contributed by atoms with Crippen molar-refractivity contribution in [2.24, 2.45) is 16.8 Å². The van der Waals surface area contributed by atoms with Gasteiger partial charge in [-0.3, -0.25) is 0 Å². The summed E-state index contributed by atoms with van der Waals surface area (Å²) in [5.41, 5.74) is 5.07. The topological polar surface area (TPSA) is 52.7 Å². The van der Waals surface area contributed by atoms with Crippen LogP contribution < -0.4 is 5.32 Å². The van der Waals surface area contributed by atoms with Gasteiger partial charge in [-0.15, -0.1) is 0 Å². The molecule has 0 spiro atoms. The second-order valence-electron chi connectivity index (χ2n) is 8.45. The average Bonchev–Trinajstić information content (AvgIpc) is 3.41. The average molecular weight is 367 g/mol. The lowest BCUT2D eigenvalue weighted by atomic mass is 9.82. The molecule has 0 aliphatic carbocycles. The van der Waals surface area contributed by atoms with Crippen LogP contribution >= 0.6 is 0 Å². The number of H-pyrrole nitrogens is 1. The SMILES string of the molecule is CCNC(=NCc1ccc2[nH]c(C)c(C)c2c1)N1CC2C3CCC(O3)C2C1. The summed E-state index contributed by atoms with van der Waals surface area (Å²) in [5.74, 6) is 2.47. The molecule has 3 fully saturated rings. The normalized spacial score (nSPS) is 29.7. The Labute approximate surface area is 161 Å². The van der Waals surface area contributed by atoms with Gasteiger partial charge in [0.15, 0.2) is 5.96 Å². The number of aromatic amines is 1. The Morgan fingerprint density at radius 2 is 1.96 bits per heavy atom. The molecule has 4 unspecified atom stereocenters. The number of hydrogen-bond donors (Lipinski definition) is 2. The molecule has 4 atom stereocenters. The van der Waals surface area contributed by atoms with Crippen LogP contribution in [0.1, 0.15) is 36.6 Å². The van der Waals surface area contributed by atoms with E-state index >= 15 is 0 Å². The smallest absolute Gasteiger partial charge is 0.194 e. The van der Waals surface area contributed by atoms with Crippen molar-refractivity contribution in [1.82, 2.24) is 15.2 Å². The molecule has 2 aromatic rings. The van der Waals surface area contributed by atoms with Crippen LogP contribution in [0.25, 0.3) is 10.9 Å². The van der Waals surface area contributed by atoms with Crippen LogP contribution in [-0.2, 0) is 11.3 Å². The number of aromatic nitrogens is 1. The van der Waals surface area contributed by atoms with Gasteiger partial charge in [-0.25, -0.2) is 4.99 Å². The number of aryl methyl sites for hydroxylation is 2. The maximum absolute atomic E-state index is 6.12. The molecule has 2 N–H and O–H groups in total. The zero-order valence-corrected chi connectivity index (χ0v) is 16.6. The van der Waals surface area contributed by atoms with Crippen molar-refractivity contribution in [3.63, 3.8) is 0 Å². The molecule has 5 rings (SSSR count). The number of rotatable bonds is 3. The van der Waals surface area contributed by atoms with Gasteiger partial charge in [0.2, 0.25) is 0 Å². The lowest BCUT2D eigenvalue weighted by Crippen LogP contribution is -2.41. The highest BCUT2D eigenvalue weighted by Gasteiger charge is 2.53. The molecule has 0 radical (unpaired) electrons. The molecule has 0 saturated carbocycles. The van der Waals surface area contributed by atoms with Crippen LogP contribution in [0.3, 0.4) is 0 Å². The van der Waals surface area contributed by atoms with Crippen LogP contribution in [-0.4, -0.2) is 47.7 Å². The Morgan fingerprint density at radius 1 is 1.22 bits per heavy atom. The van der Waals surface area contributed by atoms with E-state index in [-0.39, 0.29) is 0 Å². The molecule has 3 aliphatic rings. The lowest BCUT2D eigenvalue weighted by molar-refractivity contribution is 0.0767. The minimum atomic E-state index is 0.495. The van der Waals surface area contributed by atoms with Crippen LogP contribution in [0.4, 0.5) is 0 Å². The van der Waals surface area contributed by atoms with Crippen molar-refractivity contribution in [2.45, 2.75) is 52.4 Å². The summed E-state index contributed by atoms with van der Waals surface area (Å²) in [6.07, 6.45) is 3.50. The number of ether oxygens (including phenoxy) is 1. The maximum atomic E-state index is 6.12. The molecular weight excluding hydrogens is 336 g/mol. The Morgan fingerprint density at radius 3 is 2.67 bits per heavy atom. The molecule has 5 nitrogen and oxygen atoms in total. The molecule has 2 bridgehead atoms. The van der Waals surface area contributed by atoms with Crippen molar-refractivity contribution in [3.05, 3.63) is 35.0 Å². The number of nitrogens with one attached hydrogen (secondary N) is 2. The van der Waals surface area contributed by atoms with Gasteiger partial charge < -0.3 is 19.9 Å². The first-order valence-electron chi connectivity index (χ1n) is 10.4. The van der Waals surface area contributed by atoms with Crippen molar-refractivity contribution in [2.75, 3.05) is 19.6 Å². The number of fused-ring (bicyclic) bond motifs is 6. The van der Waals surface area contributed by atoms with Gasteiger partial charge in [-0.1, -0.05) is 6.07 Å². The van der Waals surface area contributed by atoms with Gasteiger partial charge >= 0.3 is 0 Å². The van der Waals surface area contributed by atoms with Gasteiger partial charge in [0, 0.05) is 48.1 Å². The van der Waals surface area contributed by atoms with E-state index in [0.717, 1.165) is 32.1 Å². The first kappa shape index (κ1) is 17.1. The molecule has 27 heavy (non-hydrogen) atoms. The zero-order chi connectivity index (χ0) is 18.5. The highest BCUT2D eigenvalue weighted by atomic mass is 16.5. The molecule has 0 amide bonds. The van der Waals surface area contributed by atoms with Gasteiger partial charge in [-0.05, 0) is 56.9 Å². The Balaban J connectivity index is 1.35. The summed E-state index contributed by atoms with van der Waals surface area (Å²) in [6, 6.07) is 6.66. The number of likely N-dealkylation sites (tertiary alicyclic amines) is 1. The molecule has 5 heteroatoms. The largest absolute Gasteiger partial charge is 0.374 e. The first-order chi connectivity index (χ1) is 13.1. The lowest BCUT2D eigenvalue weighted by Gasteiger charge is -2.23. The van der Waals surface area contributed by atoms with E-state index in [1.54, 1.807) is 0 Å². The third kappa shape index (κ3) is 2.83. The van der Waals surface area contributed by atoms with Crippen molar-refractivity contribution in [1.29, 1.82) is 0 Å². The second-order valence-corrected chi connectivity index (χ2v) is 8.45. The number of guanidine groups is 1. The van der Waals surface area contributed by atoms with Crippen molar-refractivity contribution in [3.8, 4) is 0 Å². The van der Waals surface area contributed by atoms with Crippen LogP contribution in [0.5, 0.6) is 0 Å². The third-order valence-electron chi connectivity index (χ3n) is 6.87. The standard InChI is InChI=1S/C22H30N4O/c1-4-23-22(26-11-17-18(12-26)21-8-7-20(17)27-21)24-10-15-5-6-19-16(9-15)13(2)14(3)25-19/h5-6,9,17-18,20-21,25H,4,7-8,10-12H2,1-3H3,(H,23,24). The summed E-state index contributed by atoms with van der Waals surface area (Å²) >= 11 is 0. The van der Waals surface area contributed by atoms with Crippen LogP contribution in [0.15, 0.2) is 23.2 Å². The molecular formula is C22H30N4O. The molecule has 3 aliphatic heterocycles. The van der Waals surface area contributed by atoms with Crippen molar-refractivity contribution >= 4 is 16.9 Å². The van der Waals surface area contributed by atoms with E-state index in [1.807, 2.05) is 0 Å². The highest BCUT2D eigenvalue weighted by molar-refractivity contribution is 5.85. The van der Waals surface area contributed by atoms with Gasteiger partial charge in [0.05, 0.1) is 18.8 Å². The fourth-order valence-corrected chi connectivity index (χ4v) is 5.33. The quantitative estimate of drug-likeness (QED) is 0.647. The minimum absolute atomic E-state index is 0.495. The molecule has 1 aromatic heterocycles. The van der Waals surface area contributed by atoms with E-state index in [9.17, 15) is 0 Å². The molecule has 144 valence electrons. The minimum Gasteiger partial charge on any atom is -0.374 e. The van der Waals surface area contributed by atoms with E-state index in [2.05, 4.69) is 54.2 Å². The number of hydrogen-bond acceptors (Lipinski definition) is 2. The Bertz CT molecular complexity index is 868. The van der Waals surface area contributed by atoms with Gasteiger partial charge in [0.25, 0.3) is 0 Å². The summed E-state index contributed by atoms with van der Waals surface area (Å²) in [4.78, 5) is 10.9. The van der Waals surface area contributed by atoms with E-state index in [1.165, 1.54) is 40.6 Å². The molecule has 4 heterocycles. The Hall–Kier alpha value is -2.01. The highest BCUT2D eigenvalue weighted by Crippen LogP contribution is 2.47. The van der Waals surface area contributed by atoms with E-state index < -0.39 is 0 Å². The fraction of sp³-hybridized carbons (Fsp3) is 0.591. The van der Waals surface area contributed by atoms with E-state index in [4.69, 9.17) is 9.73 Å². The second kappa shape index (κ2) is 6.55. The Kier molecular flexibility index (Phi) is 4.15. The predicted molar refractivity (Wildman–Crippen MR) is 109 cm³/mol. The number of aliphatic imine (C=N–C) groups is 1. The molecule has 3 saturated heterocycles.